The van der Waals surface area contributed by atoms with Crippen LogP contribution in [0.3, 0.4) is 0 Å². The molecule has 0 aliphatic rings. The third-order valence-corrected chi connectivity index (χ3v) is 3.76. The molecule has 1 heterocycles. The average molecular weight is 355 g/mol. The summed E-state index contributed by atoms with van der Waals surface area (Å²) in [6.07, 6.45) is 1.48. The molecule has 3 aromatic rings. The molecule has 0 unspecified atom stereocenters. The van der Waals surface area contributed by atoms with Crippen molar-refractivity contribution in [2.24, 2.45) is 0 Å². The molecule has 0 aliphatic carbocycles. The smallest absolute Gasteiger partial charge is 0.162 e. The first-order chi connectivity index (χ1) is 12.3. The molecule has 0 atom stereocenters. The van der Waals surface area contributed by atoms with E-state index in [1.807, 2.05) is 32.9 Å². The predicted octanol–water partition coefficient (Wildman–Crippen LogP) is 5.01. The van der Waals surface area contributed by atoms with Crippen molar-refractivity contribution in [3.63, 3.8) is 0 Å². The summed E-state index contributed by atoms with van der Waals surface area (Å²) < 4.78 is 25.0. The predicted molar refractivity (Wildman–Crippen MR) is 101 cm³/mol. The Labute approximate surface area is 152 Å². The molecule has 1 aromatic heterocycles. The minimum atomic E-state index is -0.377. The zero-order chi connectivity index (χ0) is 18.9. The Balaban J connectivity index is 2.07. The van der Waals surface area contributed by atoms with Crippen LogP contribution in [0.2, 0.25) is 0 Å². The summed E-state index contributed by atoms with van der Waals surface area (Å²) in [6.45, 7) is 7.63. The molecule has 0 saturated carbocycles. The minimum absolute atomic E-state index is 0.242. The molecule has 0 aliphatic heterocycles. The summed E-state index contributed by atoms with van der Waals surface area (Å²) in [7, 11) is 1.60. The Bertz CT molecular complexity index is 952. The van der Waals surface area contributed by atoms with Crippen molar-refractivity contribution >= 4 is 22.4 Å². The first-order valence-electron chi connectivity index (χ1n) is 8.32. The fourth-order valence-electron chi connectivity index (χ4n) is 2.59. The lowest BCUT2D eigenvalue weighted by molar-refractivity contribution is 0.126. The van der Waals surface area contributed by atoms with Gasteiger partial charge in [-0.1, -0.05) is 0 Å². The number of aryl methyl sites for hydroxylation is 1. The van der Waals surface area contributed by atoms with Gasteiger partial charge in [-0.25, -0.2) is 14.4 Å². The lowest BCUT2D eigenvalue weighted by Crippen LogP contribution is -2.23. The van der Waals surface area contributed by atoms with Gasteiger partial charge in [0.25, 0.3) is 0 Å². The number of hydrogen-bond acceptors (Lipinski definition) is 5. The number of fused-ring (bicyclic) bond motifs is 1. The second kappa shape index (κ2) is 6.78. The summed E-state index contributed by atoms with van der Waals surface area (Å²) in [5.41, 5.74) is 1.65. The second-order valence-electron chi connectivity index (χ2n) is 7.05. The maximum absolute atomic E-state index is 13.5. The van der Waals surface area contributed by atoms with E-state index in [2.05, 4.69) is 15.3 Å². The van der Waals surface area contributed by atoms with E-state index < -0.39 is 0 Å². The number of methoxy groups -OCH3 is 1. The van der Waals surface area contributed by atoms with Gasteiger partial charge in [-0.05, 0) is 57.5 Å². The van der Waals surface area contributed by atoms with E-state index in [0.29, 0.717) is 22.9 Å². The number of ether oxygens (including phenoxy) is 2. The fourth-order valence-corrected chi connectivity index (χ4v) is 2.59. The van der Waals surface area contributed by atoms with Crippen molar-refractivity contribution in [1.29, 1.82) is 0 Å². The topological polar surface area (TPSA) is 56.3 Å². The van der Waals surface area contributed by atoms with Crippen LogP contribution in [-0.2, 0) is 0 Å². The molecule has 0 spiro atoms. The summed E-state index contributed by atoms with van der Waals surface area (Å²) in [5, 5.41) is 4.01. The van der Waals surface area contributed by atoms with Gasteiger partial charge in [0.1, 0.15) is 23.6 Å². The van der Waals surface area contributed by atoms with Crippen molar-refractivity contribution in [3.05, 3.63) is 48.0 Å². The molecule has 2 aromatic carbocycles. The molecule has 6 heteroatoms. The Morgan fingerprint density at radius 1 is 1.04 bits per heavy atom. The molecular formula is C20H22FN3O2. The van der Waals surface area contributed by atoms with Gasteiger partial charge in [-0.2, -0.15) is 0 Å². The van der Waals surface area contributed by atoms with Gasteiger partial charge in [0.05, 0.1) is 12.6 Å². The van der Waals surface area contributed by atoms with Crippen molar-refractivity contribution < 1.29 is 13.9 Å². The van der Waals surface area contributed by atoms with Gasteiger partial charge in [-0.15, -0.1) is 0 Å². The zero-order valence-electron chi connectivity index (χ0n) is 15.6. The quantitative estimate of drug-likeness (QED) is 0.713. The number of rotatable bonds is 4. The highest BCUT2D eigenvalue weighted by molar-refractivity contribution is 5.93. The normalized spacial score (nSPS) is 11.5. The van der Waals surface area contributed by atoms with Crippen molar-refractivity contribution in [2.45, 2.75) is 33.3 Å². The Morgan fingerprint density at radius 3 is 2.46 bits per heavy atom. The van der Waals surface area contributed by atoms with Crippen molar-refractivity contribution in [1.82, 2.24) is 9.97 Å². The molecule has 5 nitrogen and oxygen atoms in total. The minimum Gasteiger partial charge on any atom is -0.493 e. The van der Waals surface area contributed by atoms with Crippen LogP contribution in [-0.4, -0.2) is 22.7 Å². The van der Waals surface area contributed by atoms with Crippen LogP contribution in [0.4, 0.5) is 15.9 Å². The number of nitrogens with one attached hydrogen (secondary N) is 1. The monoisotopic (exact) mass is 355 g/mol. The maximum Gasteiger partial charge on any atom is 0.162 e. The van der Waals surface area contributed by atoms with E-state index in [1.54, 1.807) is 26.2 Å². The SMILES string of the molecule is COc1cc2ncnc(Nc3ccc(F)c(C)c3)c2cc1OC(C)(C)C. The van der Waals surface area contributed by atoms with Gasteiger partial charge in [0.2, 0.25) is 0 Å². The Hall–Kier alpha value is -2.89. The molecule has 26 heavy (non-hydrogen) atoms. The molecular weight excluding hydrogens is 333 g/mol. The zero-order valence-corrected chi connectivity index (χ0v) is 15.6. The van der Waals surface area contributed by atoms with Gasteiger partial charge >= 0.3 is 0 Å². The van der Waals surface area contributed by atoms with Gasteiger partial charge < -0.3 is 14.8 Å². The van der Waals surface area contributed by atoms with Gasteiger partial charge in [0.15, 0.2) is 11.5 Å². The number of nitrogens with zero attached hydrogens (tertiary/aromatic N) is 2. The second-order valence-corrected chi connectivity index (χ2v) is 7.05. The molecule has 1 N–H and O–H groups in total. The van der Waals surface area contributed by atoms with Crippen LogP contribution in [0, 0.1) is 12.7 Å². The summed E-state index contributed by atoms with van der Waals surface area (Å²) in [5.74, 6) is 1.59. The molecule has 0 radical (unpaired) electrons. The van der Waals surface area contributed by atoms with Crippen LogP contribution in [0.1, 0.15) is 26.3 Å². The molecule has 0 bridgehead atoms. The number of benzene rings is 2. The fraction of sp³-hybridized carbons (Fsp3) is 0.300. The highest BCUT2D eigenvalue weighted by Crippen LogP contribution is 2.36. The van der Waals surface area contributed by atoms with E-state index >= 15 is 0 Å². The van der Waals surface area contributed by atoms with Crippen LogP contribution in [0.5, 0.6) is 11.5 Å². The number of halogens is 1. The molecule has 0 saturated heterocycles. The average Bonchev–Trinajstić information content (AvgIpc) is 2.57. The highest BCUT2D eigenvalue weighted by atomic mass is 19.1. The van der Waals surface area contributed by atoms with E-state index in [-0.39, 0.29) is 11.4 Å². The van der Waals surface area contributed by atoms with Crippen LogP contribution in [0.15, 0.2) is 36.7 Å². The lowest BCUT2D eigenvalue weighted by Gasteiger charge is -2.23. The van der Waals surface area contributed by atoms with Crippen LogP contribution < -0.4 is 14.8 Å². The standard InChI is InChI=1S/C20H22FN3O2/c1-12-8-13(6-7-15(12)21)24-19-14-9-18(26-20(2,3)4)17(25-5)10-16(14)22-11-23-19/h6-11H,1-5H3,(H,22,23,24). The third kappa shape index (κ3) is 3.85. The Kier molecular flexibility index (Phi) is 4.68. The van der Waals surface area contributed by atoms with Gasteiger partial charge in [-0.3, -0.25) is 0 Å². The van der Waals surface area contributed by atoms with E-state index in [1.165, 1.54) is 12.4 Å². The summed E-state index contributed by atoms with van der Waals surface area (Å²) >= 11 is 0. The molecule has 136 valence electrons. The van der Waals surface area contributed by atoms with E-state index in [9.17, 15) is 4.39 Å². The summed E-state index contributed by atoms with van der Waals surface area (Å²) in [4.78, 5) is 8.65. The van der Waals surface area contributed by atoms with Crippen LogP contribution in [0.25, 0.3) is 10.9 Å². The van der Waals surface area contributed by atoms with Crippen LogP contribution >= 0.6 is 0 Å². The molecule has 0 amide bonds. The van der Waals surface area contributed by atoms with E-state index in [0.717, 1.165) is 16.6 Å². The number of anilines is 2. The highest BCUT2D eigenvalue weighted by Gasteiger charge is 2.18. The molecule has 3 rings (SSSR count). The van der Waals surface area contributed by atoms with Crippen molar-refractivity contribution in [2.75, 3.05) is 12.4 Å². The number of aromatic nitrogens is 2. The van der Waals surface area contributed by atoms with E-state index in [4.69, 9.17) is 9.47 Å². The lowest BCUT2D eigenvalue weighted by atomic mass is 10.1. The van der Waals surface area contributed by atoms with Gasteiger partial charge in [0, 0.05) is 17.1 Å². The maximum atomic E-state index is 13.5. The Morgan fingerprint density at radius 2 is 1.81 bits per heavy atom. The summed E-state index contributed by atoms with van der Waals surface area (Å²) in [6, 6.07) is 8.52. The number of hydrogen-bond donors (Lipinski definition) is 1. The largest absolute Gasteiger partial charge is 0.493 e. The molecule has 0 fully saturated rings. The van der Waals surface area contributed by atoms with Crippen molar-refractivity contribution in [3.8, 4) is 11.5 Å². The first-order valence-corrected chi connectivity index (χ1v) is 8.32. The first kappa shape index (κ1) is 17.9. The third-order valence-electron chi connectivity index (χ3n) is 3.76.